The fourth-order valence-electron chi connectivity index (χ4n) is 4.47. The molecule has 2 atom stereocenters. The van der Waals surface area contributed by atoms with E-state index in [2.05, 4.69) is 55.3 Å². The minimum atomic E-state index is 0.522. The molecule has 0 aliphatic carbocycles. The fourth-order valence-corrected chi connectivity index (χ4v) is 4.47. The summed E-state index contributed by atoms with van der Waals surface area (Å²) in [5, 5.41) is 17.3. The van der Waals surface area contributed by atoms with Gasteiger partial charge in [0, 0.05) is 61.3 Å². The molecule has 28 heavy (non-hydrogen) atoms. The molecule has 0 amide bonds. The second kappa shape index (κ2) is 6.29. The molecule has 3 aromatic rings. The molecule has 0 spiro atoms. The number of H-pyrrole nitrogens is 1. The molecule has 1 aromatic carbocycles. The first-order chi connectivity index (χ1) is 13.8. The number of nitrogens with zero attached hydrogens (tertiary/aromatic N) is 4. The van der Waals surface area contributed by atoms with Gasteiger partial charge in [-0.1, -0.05) is 12.1 Å². The molecule has 142 valence electrons. The predicted molar refractivity (Wildman–Crippen MR) is 107 cm³/mol. The van der Waals surface area contributed by atoms with Crippen molar-refractivity contribution < 1.29 is 0 Å². The van der Waals surface area contributed by atoms with Gasteiger partial charge in [0.1, 0.15) is 5.82 Å². The van der Waals surface area contributed by atoms with Gasteiger partial charge in [-0.05, 0) is 24.1 Å². The van der Waals surface area contributed by atoms with Crippen LogP contribution in [0.3, 0.4) is 0 Å². The lowest BCUT2D eigenvalue weighted by Crippen LogP contribution is -2.68. The highest BCUT2D eigenvalue weighted by Gasteiger charge is 2.43. The van der Waals surface area contributed by atoms with Gasteiger partial charge in [-0.25, -0.2) is 4.98 Å². The lowest BCUT2D eigenvalue weighted by molar-refractivity contribution is 0.258. The van der Waals surface area contributed by atoms with E-state index in [1.807, 2.05) is 12.4 Å². The van der Waals surface area contributed by atoms with Gasteiger partial charge in [-0.15, -0.1) is 0 Å². The van der Waals surface area contributed by atoms with Crippen LogP contribution < -0.4 is 20.9 Å². The molecule has 2 bridgehead atoms. The molecule has 2 fully saturated rings. The van der Waals surface area contributed by atoms with E-state index in [9.17, 15) is 0 Å². The maximum Gasteiger partial charge on any atom is 0.228 e. The summed E-state index contributed by atoms with van der Waals surface area (Å²) in [6.45, 7) is 3.65. The maximum absolute atomic E-state index is 4.94. The van der Waals surface area contributed by atoms with E-state index in [1.165, 1.54) is 12.0 Å². The predicted octanol–water partition coefficient (Wildman–Crippen LogP) is 1.76. The highest BCUT2D eigenvalue weighted by atomic mass is 15.4. The third kappa shape index (κ3) is 2.56. The van der Waals surface area contributed by atoms with Crippen molar-refractivity contribution in [1.82, 2.24) is 30.8 Å². The molecule has 2 saturated heterocycles. The van der Waals surface area contributed by atoms with Crippen LogP contribution in [0.2, 0.25) is 0 Å². The quantitative estimate of drug-likeness (QED) is 0.553. The minimum absolute atomic E-state index is 0.522. The summed E-state index contributed by atoms with van der Waals surface area (Å²) in [6, 6.07) is 9.41. The summed E-state index contributed by atoms with van der Waals surface area (Å²) < 4.78 is 0. The van der Waals surface area contributed by atoms with Crippen LogP contribution in [-0.4, -0.2) is 45.3 Å². The number of fused-ring (bicyclic) bond motifs is 3. The zero-order valence-corrected chi connectivity index (χ0v) is 15.4. The highest BCUT2D eigenvalue weighted by Crippen LogP contribution is 2.35. The zero-order valence-electron chi connectivity index (χ0n) is 15.4. The molecular weight excluding hydrogens is 352 g/mol. The van der Waals surface area contributed by atoms with Crippen molar-refractivity contribution in [3.63, 3.8) is 0 Å². The highest BCUT2D eigenvalue weighted by molar-refractivity contribution is 5.68. The number of aromatic amines is 1. The molecule has 3 aliphatic rings. The Kier molecular flexibility index (Phi) is 3.60. The van der Waals surface area contributed by atoms with Crippen LogP contribution in [-0.2, 0) is 13.1 Å². The Hall–Kier alpha value is -2.97. The Morgan fingerprint density at radius 2 is 1.82 bits per heavy atom. The van der Waals surface area contributed by atoms with Crippen molar-refractivity contribution in [2.24, 2.45) is 0 Å². The van der Waals surface area contributed by atoms with E-state index in [0.717, 1.165) is 60.5 Å². The average Bonchev–Trinajstić information content (AvgIpc) is 3.41. The third-order valence-electron chi connectivity index (χ3n) is 5.98. The van der Waals surface area contributed by atoms with Gasteiger partial charge < -0.3 is 20.9 Å². The molecule has 4 N–H and O–H groups in total. The SMILES string of the molecule is c1cc(-c2cn[nH]c2)ccc1Nc1nc(N2C3CNCC2C3)nc2c1CNC2. The molecule has 8 nitrogen and oxygen atoms in total. The summed E-state index contributed by atoms with van der Waals surface area (Å²) in [7, 11) is 0. The van der Waals surface area contributed by atoms with Crippen LogP contribution in [0.15, 0.2) is 36.7 Å². The second-order valence-corrected chi connectivity index (χ2v) is 7.70. The van der Waals surface area contributed by atoms with Crippen LogP contribution in [0.1, 0.15) is 17.7 Å². The summed E-state index contributed by atoms with van der Waals surface area (Å²) in [5.74, 6) is 1.78. The van der Waals surface area contributed by atoms with Gasteiger partial charge >= 0.3 is 0 Å². The van der Waals surface area contributed by atoms with Crippen molar-refractivity contribution in [3.8, 4) is 11.1 Å². The van der Waals surface area contributed by atoms with E-state index in [1.54, 1.807) is 0 Å². The maximum atomic E-state index is 4.94. The molecular formula is C20H22N8. The standard InChI is InChI=1S/C20H22N8/c1-3-14(4-2-12(1)13-6-23-24-7-13)25-19-17-10-22-11-18(17)26-20(27-19)28-15-5-16(28)9-21-8-15/h1-4,6-7,15-16,21-22H,5,8-11H2,(H,23,24)(H,25,26,27). The lowest BCUT2D eigenvalue weighted by Gasteiger charge is -2.53. The topological polar surface area (TPSA) is 93.8 Å². The smallest absolute Gasteiger partial charge is 0.228 e. The number of piperidine rings is 1. The average molecular weight is 374 g/mol. The largest absolute Gasteiger partial charge is 0.340 e. The van der Waals surface area contributed by atoms with Crippen LogP contribution in [0, 0.1) is 0 Å². The minimum Gasteiger partial charge on any atom is -0.340 e. The van der Waals surface area contributed by atoms with Crippen LogP contribution in [0.4, 0.5) is 17.5 Å². The number of hydrogen-bond donors (Lipinski definition) is 4. The molecule has 3 aliphatic heterocycles. The Morgan fingerprint density at radius 3 is 2.57 bits per heavy atom. The molecule has 0 radical (unpaired) electrons. The van der Waals surface area contributed by atoms with Crippen molar-refractivity contribution >= 4 is 17.5 Å². The van der Waals surface area contributed by atoms with Gasteiger partial charge in [0.15, 0.2) is 0 Å². The van der Waals surface area contributed by atoms with Crippen molar-refractivity contribution in [1.29, 1.82) is 0 Å². The number of hydrogen-bond acceptors (Lipinski definition) is 7. The fraction of sp³-hybridized carbons (Fsp3) is 0.350. The molecule has 5 heterocycles. The number of rotatable bonds is 4. The Balaban J connectivity index is 1.31. The van der Waals surface area contributed by atoms with Crippen LogP contribution in [0.25, 0.3) is 11.1 Å². The molecule has 2 aromatic heterocycles. The summed E-state index contributed by atoms with van der Waals surface area (Å²) >= 11 is 0. The normalized spacial score (nSPS) is 22.6. The number of piperazine rings is 1. The summed E-state index contributed by atoms with van der Waals surface area (Å²) in [6.07, 6.45) is 4.97. The number of benzene rings is 1. The van der Waals surface area contributed by atoms with E-state index in [0.29, 0.717) is 12.1 Å². The van der Waals surface area contributed by atoms with Gasteiger partial charge in [0.25, 0.3) is 0 Å². The van der Waals surface area contributed by atoms with E-state index < -0.39 is 0 Å². The third-order valence-corrected chi connectivity index (χ3v) is 5.98. The molecule has 0 saturated carbocycles. The summed E-state index contributed by atoms with van der Waals surface area (Å²) in [4.78, 5) is 12.2. The van der Waals surface area contributed by atoms with E-state index in [4.69, 9.17) is 9.97 Å². The number of nitrogens with one attached hydrogen (secondary N) is 4. The lowest BCUT2D eigenvalue weighted by atomic mass is 9.89. The van der Waals surface area contributed by atoms with E-state index in [-0.39, 0.29) is 0 Å². The molecule has 8 heteroatoms. The number of aromatic nitrogens is 4. The van der Waals surface area contributed by atoms with Gasteiger partial charge in [0.2, 0.25) is 5.95 Å². The first kappa shape index (κ1) is 16.0. The van der Waals surface area contributed by atoms with Crippen LogP contribution >= 0.6 is 0 Å². The monoisotopic (exact) mass is 374 g/mol. The molecule has 2 unspecified atom stereocenters. The second-order valence-electron chi connectivity index (χ2n) is 7.70. The Bertz CT molecular complexity index is 984. The first-order valence-electron chi connectivity index (χ1n) is 9.81. The van der Waals surface area contributed by atoms with Gasteiger partial charge in [0.05, 0.1) is 11.9 Å². The zero-order chi connectivity index (χ0) is 18.5. The van der Waals surface area contributed by atoms with Crippen molar-refractivity contribution in [2.75, 3.05) is 23.3 Å². The van der Waals surface area contributed by atoms with Gasteiger partial charge in [-0.2, -0.15) is 10.1 Å². The Morgan fingerprint density at radius 1 is 0.964 bits per heavy atom. The van der Waals surface area contributed by atoms with E-state index >= 15 is 0 Å². The van der Waals surface area contributed by atoms with Crippen molar-refractivity contribution in [2.45, 2.75) is 31.6 Å². The Labute approximate surface area is 162 Å². The van der Waals surface area contributed by atoms with Crippen LogP contribution in [0.5, 0.6) is 0 Å². The van der Waals surface area contributed by atoms with Gasteiger partial charge in [-0.3, -0.25) is 5.10 Å². The first-order valence-corrected chi connectivity index (χ1v) is 9.81. The number of anilines is 3. The van der Waals surface area contributed by atoms with Crippen molar-refractivity contribution in [3.05, 3.63) is 47.9 Å². The summed E-state index contributed by atoms with van der Waals surface area (Å²) in [5.41, 5.74) is 5.53. The molecule has 6 rings (SSSR count).